The van der Waals surface area contributed by atoms with Gasteiger partial charge in [-0.3, -0.25) is 9.69 Å². The Kier molecular flexibility index (Phi) is 7.98. The predicted octanol–water partition coefficient (Wildman–Crippen LogP) is 1.99. The van der Waals surface area contributed by atoms with Crippen LogP contribution in [-0.2, 0) is 0 Å². The van der Waals surface area contributed by atoms with Gasteiger partial charge in [-0.2, -0.15) is 13.2 Å². The molecule has 1 atom stereocenters. The average Bonchev–Trinajstić information content (AvgIpc) is 2.54. The Balaban J connectivity index is 0.00000312. The second-order valence-electron chi connectivity index (χ2n) is 5.73. The van der Waals surface area contributed by atoms with Gasteiger partial charge in [-0.1, -0.05) is 0 Å². The van der Waals surface area contributed by atoms with E-state index in [2.05, 4.69) is 10.6 Å². The maximum atomic E-state index is 13.3. The van der Waals surface area contributed by atoms with Crippen molar-refractivity contribution >= 4 is 18.3 Å². The fourth-order valence-electron chi connectivity index (χ4n) is 2.75. The summed E-state index contributed by atoms with van der Waals surface area (Å²) >= 11 is 0. The van der Waals surface area contributed by atoms with Crippen molar-refractivity contribution in [1.29, 1.82) is 0 Å². The number of hydrogen-bond acceptors (Lipinski definition) is 4. The summed E-state index contributed by atoms with van der Waals surface area (Å²) < 4.78 is 45.0. The molecule has 1 unspecified atom stereocenters. The Hall–Kier alpha value is -1.51. The van der Waals surface area contributed by atoms with Crippen LogP contribution in [0.1, 0.15) is 15.9 Å². The maximum Gasteiger partial charge on any atom is 0.405 e. The smallest absolute Gasteiger partial charge is 0.405 e. The Labute approximate surface area is 151 Å². The summed E-state index contributed by atoms with van der Waals surface area (Å²) in [4.78, 5) is 13.6. The highest BCUT2D eigenvalue weighted by Gasteiger charge is 2.43. The zero-order valence-electron chi connectivity index (χ0n) is 14.2. The third kappa shape index (κ3) is 5.76. The monoisotopic (exact) mass is 381 g/mol. The zero-order chi connectivity index (χ0) is 17.7. The first-order valence-corrected chi connectivity index (χ1v) is 7.77. The molecule has 1 aliphatic rings. The van der Waals surface area contributed by atoms with Gasteiger partial charge in [0.2, 0.25) is 0 Å². The number of carbonyl (C=O) groups is 1. The van der Waals surface area contributed by atoms with E-state index in [0.717, 1.165) is 0 Å². The van der Waals surface area contributed by atoms with Crippen LogP contribution in [0.25, 0.3) is 0 Å². The van der Waals surface area contributed by atoms with Crippen LogP contribution < -0.4 is 15.4 Å². The van der Waals surface area contributed by atoms with Crippen molar-refractivity contribution < 1.29 is 22.7 Å². The molecule has 1 aliphatic heterocycles. The van der Waals surface area contributed by atoms with Crippen molar-refractivity contribution in [2.24, 2.45) is 0 Å². The summed E-state index contributed by atoms with van der Waals surface area (Å²) in [6.07, 6.45) is -4.39. The quantitative estimate of drug-likeness (QED) is 0.819. The molecule has 1 fully saturated rings. The summed E-state index contributed by atoms with van der Waals surface area (Å²) in [5, 5.41) is 5.44. The highest BCUT2D eigenvalue weighted by Crippen LogP contribution is 2.25. The minimum Gasteiger partial charge on any atom is -0.497 e. The number of carbonyl (C=O) groups excluding carboxylic acids is 1. The summed E-state index contributed by atoms with van der Waals surface area (Å²) in [6, 6.07) is 3.16. The molecule has 0 spiro atoms. The third-order valence-corrected chi connectivity index (χ3v) is 4.10. The van der Waals surface area contributed by atoms with E-state index in [0.29, 0.717) is 43.1 Å². The maximum absolute atomic E-state index is 13.3. The number of nitrogens with one attached hydrogen (secondary N) is 2. The van der Waals surface area contributed by atoms with Crippen molar-refractivity contribution in [2.45, 2.75) is 19.1 Å². The molecule has 142 valence electrons. The normalized spacial score (nSPS) is 16.7. The number of nitrogens with zero attached hydrogens (tertiary/aromatic N) is 1. The van der Waals surface area contributed by atoms with Gasteiger partial charge in [-0.05, 0) is 30.7 Å². The average molecular weight is 382 g/mol. The Morgan fingerprint density at radius 3 is 2.52 bits per heavy atom. The number of piperazine rings is 1. The first kappa shape index (κ1) is 21.5. The summed E-state index contributed by atoms with van der Waals surface area (Å²) in [5.41, 5.74) is 0.995. The fraction of sp³-hybridized carbons (Fsp3) is 0.562. The molecule has 9 heteroatoms. The van der Waals surface area contributed by atoms with Crippen LogP contribution in [0.2, 0.25) is 0 Å². The standard InChI is InChI=1S/C16H22F3N3O2.ClH/c1-11-9-12(24-2)3-4-13(11)15(23)21-10-14(16(17,18)19)22-7-5-20-6-8-22;/h3-4,9,14,20H,5-8,10H2,1-2H3,(H,21,23);1H. The topological polar surface area (TPSA) is 53.6 Å². The Morgan fingerprint density at radius 2 is 2.00 bits per heavy atom. The number of ether oxygens (including phenoxy) is 1. The van der Waals surface area contributed by atoms with Crippen molar-refractivity contribution in [2.75, 3.05) is 39.8 Å². The molecule has 5 nitrogen and oxygen atoms in total. The molecule has 0 bridgehead atoms. The molecule has 1 amide bonds. The lowest BCUT2D eigenvalue weighted by Crippen LogP contribution is -2.57. The lowest BCUT2D eigenvalue weighted by Gasteiger charge is -2.35. The Bertz CT molecular complexity index is 578. The number of amides is 1. The molecule has 1 saturated heterocycles. The van der Waals surface area contributed by atoms with E-state index < -0.39 is 24.7 Å². The second kappa shape index (κ2) is 9.26. The summed E-state index contributed by atoms with van der Waals surface area (Å²) in [7, 11) is 1.51. The molecular weight excluding hydrogens is 359 g/mol. The molecule has 2 N–H and O–H groups in total. The van der Waals surface area contributed by atoms with Gasteiger partial charge < -0.3 is 15.4 Å². The van der Waals surface area contributed by atoms with E-state index in [4.69, 9.17) is 4.74 Å². The largest absolute Gasteiger partial charge is 0.497 e. The van der Waals surface area contributed by atoms with Gasteiger partial charge in [0.1, 0.15) is 11.8 Å². The molecule has 1 heterocycles. The van der Waals surface area contributed by atoms with Crippen LogP contribution in [-0.4, -0.2) is 62.9 Å². The third-order valence-electron chi connectivity index (χ3n) is 4.10. The lowest BCUT2D eigenvalue weighted by atomic mass is 10.1. The van der Waals surface area contributed by atoms with E-state index in [1.54, 1.807) is 25.1 Å². The number of aryl methyl sites for hydroxylation is 1. The molecule has 0 aliphatic carbocycles. The molecule has 1 aromatic carbocycles. The highest BCUT2D eigenvalue weighted by molar-refractivity contribution is 5.95. The number of rotatable bonds is 5. The highest BCUT2D eigenvalue weighted by atomic mass is 35.5. The second-order valence-corrected chi connectivity index (χ2v) is 5.73. The molecular formula is C16H23ClF3N3O2. The molecule has 25 heavy (non-hydrogen) atoms. The van der Waals surface area contributed by atoms with E-state index in [9.17, 15) is 18.0 Å². The predicted molar refractivity (Wildman–Crippen MR) is 91.6 cm³/mol. The van der Waals surface area contributed by atoms with E-state index >= 15 is 0 Å². The van der Waals surface area contributed by atoms with Gasteiger partial charge in [0.05, 0.1) is 7.11 Å². The first-order chi connectivity index (χ1) is 11.3. The van der Waals surface area contributed by atoms with E-state index in [1.807, 2.05) is 0 Å². The summed E-state index contributed by atoms with van der Waals surface area (Å²) in [6.45, 7) is 2.89. The first-order valence-electron chi connectivity index (χ1n) is 7.77. The minimum absolute atomic E-state index is 0. The number of benzene rings is 1. The van der Waals surface area contributed by atoms with Crippen LogP contribution in [0.4, 0.5) is 13.2 Å². The van der Waals surface area contributed by atoms with Crippen molar-refractivity contribution in [3.63, 3.8) is 0 Å². The lowest BCUT2D eigenvalue weighted by molar-refractivity contribution is -0.183. The van der Waals surface area contributed by atoms with Crippen molar-refractivity contribution in [1.82, 2.24) is 15.5 Å². The van der Waals surface area contributed by atoms with E-state index in [1.165, 1.54) is 12.0 Å². The molecule has 0 aromatic heterocycles. The van der Waals surface area contributed by atoms with Crippen LogP contribution in [0.15, 0.2) is 18.2 Å². The zero-order valence-corrected chi connectivity index (χ0v) is 15.0. The minimum atomic E-state index is -4.39. The SMILES string of the molecule is COc1ccc(C(=O)NCC(N2CCNCC2)C(F)(F)F)c(C)c1.Cl. The fourth-order valence-corrected chi connectivity index (χ4v) is 2.75. The van der Waals surface area contributed by atoms with E-state index in [-0.39, 0.29) is 12.4 Å². The van der Waals surface area contributed by atoms with Gasteiger partial charge in [-0.25, -0.2) is 0 Å². The van der Waals surface area contributed by atoms with Gasteiger partial charge in [0.25, 0.3) is 5.91 Å². The van der Waals surface area contributed by atoms with Crippen LogP contribution >= 0.6 is 12.4 Å². The summed E-state index contributed by atoms with van der Waals surface area (Å²) in [5.74, 6) is 0.0811. The molecule has 1 aromatic rings. The van der Waals surface area contributed by atoms with Gasteiger partial charge >= 0.3 is 6.18 Å². The van der Waals surface area contributed by atoms with Crippen LogP contribution in [0.3, 0.4) is 0 Å². The van der Waals surface area contributed by atoms with Gasteiger partial charge in [0.15, 0.2) is 0 Å². The molecule has 0 saturated carbocycles. The molecule has 0 radical (unpaired) electrons. The van der Waals surface area contributed by atoms with Crippen LogP contribution in [0.5, 0.6) is 5.75 Å². The molecule has 2 rings (SSSR count). The number of alkyl halides is 3. The van der Waals surface area contributed by atoms with Crippen LogP contribution in [0, 0.1) is 6.92 Å². The van der Waals surface area contributed by atoms with Gasteiger partial charge in [0, 0.05) is 38.3 Å². The van der Waals surface area contributed by atoms with Gasteiger partial charge in [-0.15, -0.1) is 12.4 Å². The van der Waals surface area contributed by atoms with Crippen molar-refractivity contribution in [3.8, 4) is 5.75 Å². The number of halogens is 4. The Morgan fingerprint density at radius 1 is 1.36 bits per heavy atom. The number of methoxy groups -OCH3 is 1. The number of hydrogen-bond donors (Lipinski definition) is 2. The van der Waals surface area contributed by atoms with Crippen molar-refractivity contribution in [3.05, 3.63) is 29.3 Å².